The van der Waals surface area contributed by atoms with Crippen molar-refractivity contribution in [3.63, 3.8) is 0 Å². The molecule has 3 fully saturated rings. The maximum atomic E-state index is 11.0. The summed E-state index contributed by atoms with van der Waals surface area (Å²) in [4.78, 5) is 11.0. The zero-order valence-corrected chi connectivity index (χ0v) is 5.81. The number of carbonyl (C=O) groups is 1. The Labute approximate surface area is 55.4 Å². The number of fused-ring (bicyclic) bond motifs is 1. The van der Waals surface area contributed by atoms with E-state index in [4.69, 9.17) is 0 Å². The molecule has 3 aliphatic carbocycles. The lowest BCUT2D eigenvalue weighted by atomic mass is 9.67. The van der Waals surface area contributed by atoms with Gasteiger partial charge in [-0.2, -0.15) is 0 Å². The van der Waals surface area contributed by atoms with Gasteiger partial charge in [-0.15, -0.1) is 0 Å². The number of Topliss-reactive ketones (excluding diaryl/α,β-unsaturated/α-hetero) is 1. The molecule has 0 aromatic heterocycles. The smallest absolute Gasteiger partial charge is 0.135 e. The lowest BCUT2D eigenvalue weighted by Gasteiger charge is -2.35. The van der Waals surface area contributed by atoms with E-state index in [-0.39, 0.29) is 5.41 Å². The summed E-state index contributed by atoms with van der Waals surface area (Å²) in [5, 5.41) is 0. The molecule has 0 spiro atoms. The van der Waals surface area contributed by atoms with E-state index in [0.29, 0.717) is 5.78 Å². The van der Waals surface area contributed by atoms with Gasteiger partial charge in [-0.1, -0.05) is 0 Å². The van der Waals surface area contributed by atoms with Crippen LogP contribution in [0, 0.1) is 11.3 Å². The van der Waals surface area contributed by atoms with E-state index in [2.05, 4.69) is 0 Å². The van der Waals surface area contributed by atoms with Crippen LogP contribution in [0.3, 0.4) is 0 Å². The van der Waals surface area contributed by atoms with Crippen LogP contribution in [-0.2, 0) is 4.79 Å². The van der Waals surface area contributed by atoms with Crippen molar-refractivity contribution in [2.45, 2.75) is 32.6 Å². The number of carbonyl (C=O) groups excluding carboxylic acids is 1. The van der Waals surface area contributed by atoms with Gasteiger partial charge in [0.15, 0.2) is 0 Å². The molecule has 0 atom stereocenters. The number of rotatable bonds is 1. The van der Waals surface area contributed by atoms with Gasteiger partial charge in [0.05, 0.1) is 0 Å². The lowest BCUT2D eigenvalue weighted by Crippen LogP contribution is -2.34. The van der Waals surface area contributed by atoms with E-state index in [1.54, 1.807) is 6.92 Å². The van der Waals surface area contributed by atoms with E-state index < -0.39 is 0 Å². The molecule has 3 rings (SSSR count). The minimum atomic E-state index is 0.199. The molecular weight excluding hydrogens is 112 g/mol. The predicted molar refractivity (Wildman–Crippen MR) is 35.1 cm³/mol. The van der Waals surface area contributed by atoms with Crippen LogP contribution in [0.15, 0.2) is 0 Å². The Morgan fingerprint density at radius 2 is 2.22 bits per heavy atom. The molecule has 0 amide bonds. The summed E-state index contributed by atoms with van der Waals surface area (Å²) in [7, 11) is 0. The van der Waals surface area contributed by atoms with Crippen molar-refractivity contribution < 1.29 is 4.79 Å². The maximum absolute atomic E-state index is 11.0. The molecule has 0 aromatic rings. The molecule has 3 aliphatic rings. The van der Waals surface area contributed by atoms with E-state index in [9.17, 15) is 4.79 Å². The third-order valence-corrected chi connectivity index (χ3v) is 3.14. The van der Waals surface area contributed by atoms with Crippen LogP contribution in [0.25, 0.3) is 0 Å². The predicted octanol–water partition coefficient (Wildman–Crippen LogP) is 1.77. The molecule has 1 nitrogen and oxygen atoms in total. The van der Waals surface area contributed by atoms with Crippen LogP contribution in [-0.4, -0.2) is 5.78 Å². The van der Waals surface area contributed by atoms with Crippen molar-refractivity contribution >= 4 is 5.78 Å². The van der Waals surface area contributed by atoms with Crippen LogP contribution in [0.5, 0.6) is 0 Å². The molecule has 2 bridgehead atoms. The van der Waals surface area contributed by atoms with Crippen LogP contribution < -0.4 is 0 Å². The number of ketones is 1. The lowest BCUT2D eigenvalue weighted by molar-refractivity contribution is -0.130. The SMILES string of the molecule is CC(=O)C12CCC(C1)C2. The van der Waals surface area contributed by atoms with Gasteiger partial charge in [-0.3, -0.25) is 4.79 Å². The van der Waals surface area contributed by atoms with Crippen LogP contribution in [0.2, 0.25) is 0 Å². The van der Waals surface area contributed by atoms with Gasteiger partial charge in [0.2, 0.25) is 0 Å². The second-order valence-corrected chi connectivity index (χ2v) is 3.65. The fraction of sp³-hybridized carbons (Fsp3) is 0.875. The first-order chi connectivity index (χ1) is 4.23. The Hall–Kier alpha value is -0.330. The third-order valence-electron chi connectivity index (χ3n) is 3.14. The zero-order valence-electron chi connectivity index (χ0n) is 5.81. The molecule has 3 saturated carbocycles. The van der Waals surface area contributed by atoms with E-state index >= 15 is 0 Å². The molecule has 0 aliphatic heterocycles. The highest BCUT2D eigenvalue weighted by atomic mass is 16.1. The van der Waals surface area contributed by atoms with Crippen LogP contribution in [0.1, 0.15) is 32.6 Å². The summed E-state index contributed by atoms with van der Waals surface area (Å²) in [5.74, 6) is 1.37. The van der Waals surface area contributed by atoms with E-state index in [1.807, 2.05) is 0 Å². The molecule has 50 valence electrons. The quantitative estimate of drug-likeness (QED) is 0.520. The Kier molecular flexibility index (Phi) is 0.842. The number of hydrogen-bond donors (Lipinski definition) is 0. The number of hydrogen-bond acceptors (Lipinski definition) is 1. The highest BCUT2D eigenvalue weighted by Crippen LogP contribution is 2.59. The Balaban J connectivity index is 2.19. The Bertz CT molecular complexity index is 148. The van der Waals surface area contributed by atoms with Crippen molar-refractivity contribution in [2.24, 2.45) is 11.3 Å². The summed E-state index contributed by atoms with van der Waals surface area (Å²) in [6, 6.07) is 0. The first kappa shape index (κ1) is 5.45. The van der Waals surface area contributed by atoms with Gasteiger partial charge in [0.25, 0.3) is 0 Å². The zero-order chi connectivity index (χ0) is 6.48. The van der Waals surface area contributed by atoms with Crippen molar-refractivity contribution in [1.82, 2.24) is 0 Å². The van der Waals surface area contributed by atoms with Gasteiger partial charge in [0.1, 0.15) is 5.78 Å². The monoisotopic (exact) mass is 124 g/mol. The van der Waals surface area contributed by atoms with Crippen molar-refractivity contribution in [2.75, 3.05) is 0 Å². The average molecular weight is 124 g/mol. The van der Waals surface area contributed by atoms with Gasteiger partial charge in [-0.25, -0.2) is 0 Å². The largest absolute Gasteiger partial charge is 0.299 e. The second kappa shape index (κ2) is 1.39. The van der Waals surface area contributed by atoms with E-state index in [1.165, 1.54) is 25.7 Å². The topological polar surface area (TPSA) is 17.1 Å². The standard InChI is InChI=1S/C8H12O/c1-6(9)8-3-2-7(4-8)5-8/h7H,2-5H2,1H3. The molecule has 0 N–H and O–H groups in total. The minimum absolute atomic E-state index is 0.199. The summed E-state index contributed by atoms with van der Waals surface area (Å²) < 4.78 is 0. The van der Waals surface area contributed by atoms with Gasteiger partial charge >= 0.3 is 0 Å². The summed E-state index contributed by atoms with van der Waals surface area (Å²) in [5.41, 5.74) is 0.199. The fourth-order valence-corrected chi connectivity index (χ4v) is 2.40. The van der Waals surface area contributed by atoms with Gasteiger partial charge in [-0.05, 0) is 38.5 Å². The Morgan fingerprint density at radius 3 is 2.44 bits per heavy atom. The van der Waals surface area contributed by atoms with Crippen LogP contribution >= 0.6 is 0 Å². The molecular formula is C8H12O. The van der Waals surface area contributed by atoms with Gasteiger partial charge < -0.3 is 0 Å². The normalized spacial score (nSPS) is 46.6. The van der Waals surface area contributed by atoms with Crippen molar-refractivity contribution in [3.8, 4) is 0 Å². The van der Waals surface area contributed by atoms with Crippen molar-refractivity contribution in [3.05, 3.63) is 0 Å². The average Bonchev–Trinajstić information content (AvgIpc) is 2.13. The molecule has 0 unspecified atom stereocenters. The summed E-state index contributed by atoms with van der Waals surface area (Å²) >= 11 is 0. The highest BCUT2D eigenvalue weighted by Gasteiger charge is 2.53. The molecule has 0 radical (unpaired) electrons. The molecule has 0 aromatic carbocycles. The molecule has 0 heterocycles. The highest BCUT2D eigenvalue weighted by molar-refractivity contribution is 5.84. The molecule has 1 heteroatoms. The summed E-state index contributed by atoms with van der Waals surface area (Å²) in [6.45, 7) is 1.75. The Morgan fingerprint density at radius 1 is 1.56 bits per heavy atom. The maximum Gasteiger partial charge on any atom is 0.135 e. The first-order valence-corrected chi connectivity index (χ1v) is 3.74. The fourth-order valence-electron chi connectivity index (χ4n) is 2.40. The first-order valence-electron chi connectivity index (χ1n) is 3.74. The second-order valence-electron chi connectivity index (χ2n) is 3.65. The summed E-state index contributed by atoms with van der Waals surface area (Å²) in [6.07, 6.45) is 4.93. The van der Waals surface area contributed by atoms with Crippen molar-refractivity contribution in [1.29, 1.82) is 0 Å². The van der Waals surface area contributed by atoms with Gasteiger partial charge in [0, 0.05) is 5.41 Å². The van der Waals surface area contributed by atoms with E-state index in [0.717, 1.165) is 5.92 Å². The molecule has 9 heavy (non-hydrogen) atoms. The molecule has 0 saturated heterocycles. The third kappa shape index (κ3) is 0.525. The minimum Gasteiger partial charge on any atom is -0.299 e. The van der Waals surface area contributed by atoms with Crippen LogP contribution in [0.4, 0.5) is 0 Å².